The molecule has 0 saturated carbocycles. The minimum absolute atomic E-state index is 0.157. The van der Waals surface area contributed by atoms with Crippen LogP contribution in [0.1, 0.15) is 80.1 Å². The fourth-order valence-corrected chi connectivity index (χ4v) is 3.40. The van der Waals surface area contributed by atoms with Gasteiger partial charge in [0, 0.05) is 35.9 Å². The summed E-state index contributed by atoms with van der Waals surface area (Å²) in [7, 11) is 0. The molecule has 0 aromatic carbocycles. The summed E-state index contributed by atoms with van der Waals surface area (Å²) in [5.41, 5.74) is 16.8. The Kier molecular flexibility index (Phi) is 12.7. The van der Waals surface area contributed by atoms with Crippen LogP contribution in [0.15, 0.2) is 9.98 Å². The molecular weight excluding hydrogens is 336 g/mol. The molecule has 2 rings (SSSR count). The molecule has 2 heterocycles. The number of aliphatic imine (C=N–C) groups is 2. The first-order valence-corrected chi connectivity index (χ1v) is 10.5. The van der Waals surface area contributed by atoms with Crippen LogP contribution in [-0.2, 0) is 0 Å². The topological polar surface area (TPSA) is 127 Å². The number of nitrogens with zero attached hydrogens (tertiary/aromatic N) is 3. The first-order chi connectivity index (χ1) is 12.7. The Morgan fingerprint density at radius 2 is 1.41 bits per heavy atom. The summed E-state index contributed by atoms with van der Waals surface area (Å²) in [6.45, 7) is 12.5. The summed E-state index contributed by atoms with van der Waals surface area (Å²) in [5, 5.41) is 8.47. The van der Waals surface area contributed by atoms with E-state index < -0.39 is 0 Å². The van der Waals surface area contributed by atoms with E-state index in [1.807, 2.05) is 13.8 Å². The van der Waals surface area contributed by atoms with Crippen molar-refractivity contribution in [2.75, 3.05) is 0 Å². The second-order valence-electron chi connectivity index (χ2n) is 7.93. The van der Waals surface area contributed by atoms with Crippen LogP contribution in [0.3, 0.4) is 0 Å². The third kappa shape index (κ3) is 10.3. The molecule has 6 nitrogen and oxygen atoms in total. The zero-order valence-corrected chi connectivity index (χ0v) is 18.3. The van der Waals surface area contributed by atoms with Crippen molar-refractivity contribution in [3.63, 3.8) is 0 Å². The van der Waals surface area contributed by atoms with Gasteiger partial charge in [0.1, 0.15) is 0 Å². The number of hydrogen-bond donors (Lipinski definition) is 3. The summed E-state index contributed by atoms with van der Waals surface area (Å²) in [5.74, 6) is 3.03. The number of nitrogens with two attached hydrogens (primary N) is 3. The molecule has 0 aliphatic carbocycles. The zero-order chi connectivity index (χ0) is 21.0. The lowest BCUT2D eigenvalue weighted by Crippen LogP contribution is -2.18. The fraction of sp³-hybridized carbons (Fsp3) is 0.857. The Hall–Kier alpha value is -1.61. The predicted molar refractivity (Wildman–Crippen MR) is 117 cm³/mol. The molecule has 2 aliphatic heterocycles. The van der Waals surface area contributed by atoms with Crippen molar-refractivity contribution in [2.24, 2.45) is 44.9 Å². The quantitative estimate of drug-likeness (QED) is 0.675. The third-order valence-corrected chi connectivity index (χ3v) is 5.14. The number of hydrogen-bond acceptors (Lipinski definition) is 6. The Labute approximate surface area is 166 Å². The molecule has 6 heteroatoms. The van der Waals surface area contributed by atoms with Gasteiger partial charge >= 0.3 is 0 Å². The monoisotopic (exact) mass is 378 g/mol. The van der Waals surface area contributed by atoms with Gasteiger partial charge in [-0.2, -0.15) is 5.26 Å². The van der Waals surface area contributed by atoms with Gasteiger partial charge in [-0.05, 0) is 59.3 Å². The molecule has 0 spiro atoms. The van der Waals surface area contributed by atoms with Gasteiger partial charge in [0.25, 0.3) is 0 Å². The van der Waals surface area contributed by atoms with Crippen LogP contribution in [-0.4, -0.2) is 29.8 Å². The van der Waals surface area contributed by atoms with Crippen LogP contribution in [0.4, 0.5) is 0 Å². The predicted octanol–water partition coefficient (Wildman–Crippen LogP) is 3.60. The largest absolute Gasteiger partial charge is 0.387 e. The highest BCUT2D eigenvalue weighted by Crippen LogP contribution is 2.20. The van der Waals surface area contributed by atoms with Crippen LogP contribution in [0.25, 0.3) is 0 Å². The van der Waals surface area contributed by atoms with E-state index in [2.05, 4.69) is 43.7 Å². The van der Waals surface area contributed by atoms with Crippen LogP contribution in [0.5, 0.6) is 0 Å². The molecule has 2 aliphatic rings. The molecule has 156 valence electrons. The first-order valence-electron chi connectivity index (χ1n) is 10.5. The van der Waals surface area contributed by atoms with Crippen LogP contribution < -0.4 is 17.2 Å². The lowest BCUT2D eigenvalue weighted by atomic mass is 10.0. The number of nitriles is 1. The van der Waals surface area contributed by atoms with Gasteiger partial charge in [-0.3, -0.25) is 9.98 Å². The molecule has 0 aromatic heterocycles. The number of amidine groups is 2. The summed E-state index contributed by atoms with van der Waals surface area (Å²) in [6, 6.07) is 3.30. The molecule has 27 heavy (non-hydrogen) atoms. The molecule has 6 N–H and O–H groups in total. The van der Waals surface area contributed by atoms with Gasteiger partial charge < -0.3 is 17.2 Å². The normalized spacial score (nSPS) is 28.5. The maximum absolute atomic E-state index is 8.47. The average Bonchev–Trinajstić information content (AvgIpc) is 3.12. The highest BCUT2D eigenvalue weighted by Gasteiger charge is 2.21. The number of rotatable bonds is 5. The van der Waals surface area contributed by atoms with E-state index in [0.717, 1.165) is 50.2 Å². The molecule has 0 aromatic rings. The van der Waals surface area contributed by atoms with E-state index in [-0.39, 0.29) is 12.0 Å². The van der Waals surface area contributed by atoms with E-state index in [0.29, 0.717) is 23.9 Å². The van der Waals surface area contributed by atoms with E-state index in [1.165, 1.54) is 0 Å². The minimum atomic E-state index is 0.157. The van der Waals surface area contributed by atoms with Crippen molar-refractivity contribution >= 4 is 11.7 Å². The Morgan fingerprint density at radius 3 is 1.52 bits per heavy atom. The Morgan fingerprint density at radius 1 is 1.00 bits per heavy atom. The van der Waals surface area contributed by atoms with E-state index in [9.17, 15) is 0 Å². The fourth-order valence-electron chi connectivity index (χ4n) is 3.40. The SMILES string of the molecule is CCC(C#N)CC(C)N.CCC1CC(C)N=C1N.CCC1CC(C)N=C1N. The van der Waals surface area contributed by atoms with Crippen molar-refractivity contribution in [2.45, 2.75) is 98.2 Å². The van der Waals surface area contributed by atoms with Gasteiger partial charge in [-0.1, -0.05) is 20.8 Å². The van der Waals surface area contributed by atoms with Gasteiger partial charge in [0.15, 0.2) is 0 Å². The first kappa shape index (κ1) is 25.4. The van der Waals surface area contributed by atoms with Crippen molar-refractivity contribution < 1.29 is 0 Å². The summed E-state index contributed by atoms with van der Waals surface area (Å²) >= 11 is 0. The van der Waals surface area contributed by atoms with Crippen LogP contribution >= 0.6 is 0 Å². The maximum Gasteiger partial charge on any atom is 0.0972 e. The highest BCUT2D eigenvalue weighted by molar-refractivity contribution is 5.84. The summed E-state index contributed by atoms with van der Waals surface area (Å²) in [4.78, 5) is 8.47. The minimum Gasteiger partial charge on any atom is -0.387 e. The zero-order valence-electron chi connectivity index (χ0n) is 18.3. The van der Waals surface area contributed by atoms with Gasteiger partial charge in [-0.25, -0.2) is 0 Å². The molecule has 6 atom stereocenters. The molecule has 0 saturated heterocycles. The molecule has 0 radical (unpaired) electrons. The highest BCUT2D eigenvalue weighted by atomic mass is 14.9. The van der Waals surface area contributed by atoms with Gasteiger partial charge in [-0.15, -0.1) is 0 Å². The van der Waals surface area contributed by atoms with E-state index >= 15 is 0 Å². The summed E-state index contributed by atoms with van der Waals surface area (Å²) < 4.78 is 0. The molecule has 6 unspecified atom stereocenters. The van der Waals surface area contributed by atoms with Gasteiger partial charge in [0.2, 0.25) is 0 Å². The van der Waals surface area contributed by atoms with Gasteiger partial charge in [0.05, 0.1) is 17.7 Å². The smallest absolute Gasteiger partial charge is 0.0972 e. The third-order valence-electron chi connectivity index (χ3n) is 5.14. The lowest BCUT2D eigenvalue weighted by molar-refractivity contribution is 0.522. The molecule has 0 bridgehead atoms. The van der Waals surface area contributed by atoms with Crippen molar-refractivity contribution in [3.05, 3.63) is 0 Å². The Bertz CT molecular complexity index is 473. The Balaban J connectivity index is 0.000000376. The lowest BCUT2D eigenvalue weighted by Gasteiger charge is -2.07. The molecule has 0 fully saturated rings. The van der Waals surface area contributed by atoms with Crippen molar-refractivity contribution in [1.29, 1.82) is 5.26 Å². The summed E-state index contributed by atoms with van der Waals surface area (Å²) in [6.07, 6.45) is 6.33. The van der Waals surface area contributed by atoms with Crippen molar-refractivity contribution in [3.8, 4) is 6.07 Å². The molecule has 0 amide bonds. The van der Waals surface area contributed by atoms with E-state index in [1.54, 1.807) is 0 Å². The van der Waals surface area contributed by atoms with Crippen molar-refractivity contribution in [1.82, 2.24) is 0 Å². The van der Waals surface area contributed by atoms with Crippen LogP contribution in [0, 0.1) is 29.1 Å². The molecular formula is C21H42N6. The van der Waals surface area contributed by atoms with Crippen LogP contribution in [0.2, 0.25) is 0 Å². The second kappa shape index (κ2) is 13.5. The van der Waals surface area contributed by atoms with E-state index in [4.69, 9.17) is 22.5 Å². The maximum atomic E-state index is 8.47. The average molecular weight is 379 g/mol. The second-order valence-corrected chi connectivity index (χ2v) is 7.93. The standard InChI is InChI=1S/3C7H14N2/c2*1-3-6-4-5(2)9-7(6)8;1-3-7(5-8)4-6(2)9/h2*5-6H,3-4H2,1-2H3,(H2,8,9);6-7H,3-4,9H2,1-2H3.